The molecule has 0 bridgehead atoms. The van der Waals surface area contributed by atoms with E-state index in [1.165, 1.54) is 0 Å². The van der Waals surface area contributed by atoms with Crippen molar-refractivity contribution in [2.45, 2.75) is 54.1 Å². The molecule has 21 heavy (non-hydrogen) atoms. The summed E-state index contributed by atoms with van der Waals surface area (Å²) in [6.45, 7) is 15.6. The monoisotopic (exact) mass is 297 g/mol. The highest BCUT2D eigenvalue weighted by atomic mass is 16.6. The first-order chi connectivity index (χ1) is 9.47. The first kappa shape index (κ1) is 19.7. The fourth-order valence-electron chi connectivity index (χ4n) is 1.68. The lowest BCUT2D eigenvalue weighted by Crippen LogP contribution is -2.41. The van der Waals surface area contributed by atoms with Gasteiger partial charge in [0.25, 0.3) is 0 Å². The average molecular weight is 297 g/mol. The minimum absolute atomic E-state index is 0.298. The number of hydrogen-bond acceptors (Lipinski definition) is 4. The van der Waals surface area contributed by atoms with Gasteiger partial charge >= 0.3 is 6.09 Å². The Bertz CT molecular complexity index is 365. The summed E-state index contributed by atoms with van der Waals surface area (Å²) in [7, 11) is 0. The van der Waals surface area contributed by atoms with Gasteiger partial charge < -0.3 is 15.4 Å². The number of alkyl carbamates (subject to hydrolysis) is 1. The summed E-state index contributed by atoms with van der Waals surface area (Å²) in [4.78, 5) is 11.7. The maximum absolute atomic E-state index is 11.7. The average Bonchev–Trinajstić information content (AvgIpc) is 2.30. The van der Waals surface area contributed by atoms with E-state index in [0.717, 1.165) is 6.54 Å². The molecule has 122 valence electrons. The summed E-state index contributed by atoms with van der Waals surface area (Å²) in [6, 6.07) is 2.27. The Hall–Kier alpha value is -1.28. The number of carbonyl (C=O) groups excluding carboxylic acids is 1. The van der Waals surface area contributed by atoms with Crippen LogP contribution in [0.5, 0.6) is 0 Å². The maximum Gasteiger partial charge on any atom is 0.407 e. The molecule has 5 nitrogen and oxygen atoms in total. The maximum atomic E-state index is 11.7. The lowest BCUT2D eigenvalue weighted by molar-refractivity contribution is 0.0514. The largest absolute Gasteiger partial charge is 0.444 e. The topological polar surface area (TPSA) is 74.2 Å². The molecule has 1 atom stereocenters. The van der Waals surface area contributed by atoms with Crippen molar-refractivity contribution in [3.8, 4) is 6.07 Å². The highest BCUT2D eigenvalue weighted by Crippen LogP contribution is 2.13. The number of nitrogens with one attached hydrogen (secondary N) is 2. The minimum Gasteiger partial charge on any atom is -0.444 e. The predicted molar refractivity (Wildman–Crippen MR) is 84.8 cm³/mol. The van der Waals surface area contributed by atoms with Gasteiger partial charge in [0.1, 0.15) is 5.60 Å². The van der Waals surface area contributed by atoms with Crippen LogP contribution in [0.2, 0.25) is 0 Å². The van der Waals surface area contributed by atoms with Crippen LogP contribution in [0.3, 0.4) is 0 Å². The van der Waals surface area contributed by atoms with E-state index in [0.29, 0.717) is 24.9 Å². The molecule has 0 heterocycles. The third-order valence-corrected chi connectivity index (χ3v) is 3.13. The second-order valence-corrected chi connectivity index (χ2v) is 7.51. The zero-order valence-electron chi connectivity index (χ0n) is 14.5. The molecule has 0 aliphatic rings. The summed E-state index contributed by atoms with van der Waals surface area (Å²) < 4.78 is 5.23. The summed E-state index contributed by atoms with van der Waals surface area (Å²) in [5.74, 6) is 0.727. The molecule has 0 spiro atoms. The van der Waals surface area contributed by atoms with Crippen molar-refractivity contribution >= 4 is 6.09 Å². The smallest absolute Gasteiger partial charge is 0.407 e. The van der Waals surface area contributed by atoms with Crippen LogP contribution in [0.1, 0.15) is 48.5 Å². The standard InChI is InChI=1S/C16H31N3O2/c1-12(2)13(8-18-11-16(6,7)10-17)9-19-14(20)21-15(3,4)5/h12-13,18H,8-9,11H2,1-7H3,(H,19,20). The highest BCUT2D eigenvalue weighted by molar-refractivity contribution is 5.67. The molecule has 0 aliphatic carbocycles. The van der Waals surface area contributed by atoms with Crippen LogP contribution < -0.4 is 10.6 Å². The Morgan fingerprint density at radius 1 is 1.19 bits per heavy atom. The molecule has 2 N–H and O–H groups in total. The van der Waals surface area contributed by atoms with Gasteiger partial charge in [-0.25, -0.2) is 4.79 Å². The minimum atomic E-state index is -0.480. The fourth-order valence-corrected chi connectivity index (χ4v) is 1.68. The normalized spacial score (nSPS) is 13.7. The molecule has 0 aromatic heterocycles. The Labute approximate surface area is 129 Å². The first-order valence-electron chi connectivity index (χ1n) is 7.55. The summed E-state index contributed by atoms with van der Waals surface area (Å²) in [5, 5.41) is 15.1. The molecule has 5 heteroatoms. The van der Waals surface area contributed by atoms with E-state index in [1.807, 2.05) is 34.6 Å². The SMILES string of the molecule is CC(C)C(CNCC(C)(C)C#N)CNC(=O)OC(C)(C)C. The van der Waals surface area contributed by atoms with Crippen LogP contribution in [0, 0.1) is 28.6 Å². The number of hydrogen-bond donors (Lipinski definition) is 2. The Morgan fingerprint density at radius 3 is 2.19 bits per heavy atom. The third kappa shape index (κ3) is 10.1. The third-order valence-electron chi connectivity index (χ3n) is 3.13. The van der Waals surface area contributed by atoms with Gasteiger partial charge in [0.2, 0.25) is 0 Å². The predicted octanol–water partition coefficient (Wildman–Crippen LogP) is 2.92. The number of amides is 1. The summed E-state index contributed by atoms with van der Waals surface area (Å²) in [6.07, 6.45) is -0.384. The van der Waals surface area contributed by atoms with Gasteiger partial charge in [-0.3, -0.25) is 0 Å². The van der Waals surface area contributed by atoms with Crippen LogP contribution in [0.25, 0.3) is 0 Å². The molecule has 0 saturated carbocycles. The van der Waals surface area contributed by atoms with Crippen molar-refractivity contribution in [3.05, 3.63) is 0 Å². The van der Waals surface area contributed by atoms with E-state index in [-0.39, 0.29) is 11.5 Å². The molecular formula is C16H31N3O2. The van der Waals surface area contributed by atoms with Gasteiger partial charge in [0.05, 0.1) is 11.5 Å². The van der Waals surface area contributed by atoms with Gasteiger partial charge in [-0.15, -0.1) is 0 Å². The van der Waals surface area contributed by atoms with Crippen molar-refractivity contribution in [2.75, 3.05) is 19.6 Å². The van der Waals surface area contributed by atoms with Crippen molar-refractivity contribution < 1.29 is 9.53 Å². The fraction of sp³-hybridized carbons (Fsp3) is 0.875. The van der Waals surface area contributed by atoms with Crippen LogP contribution >= 0.6 is 0 Å². The van der Waals surface area contributed by atoms with E-state index >= 15 is 0 Å². The first-order valence-corrected chi connectivity index (χ1v) is 7.55. The molecular weight excluding hydrogens is 266 g/mol. The van der Waals surface area contributed by atoms with Gasteiger partial charge in [-0.1, -0.05) is 13.8 Å². The van der Waals surface area contributed by atoms with Crippen molar-refractivity contribution in [1.82, 2.24) is 10.6 Å². The molecule has 1 amide bonds. The van der Waals surface area contributed by atoms with Crippen LogP contribution in [0.15, 0.2) is 0 Å². The lowest BCUT2D eigenvalue weighted by Gasteiger charge is -2.25. The van der Waals surface area contributed by atoms with Crippen molar-refractivity contribution in [3.63, 3.8) is 0 Å². The van der Waals surface area contributed by atoms with Crippen molar-refractivity contribution in [1.29, 1.82) is 5.26 Å². The van der Waals surface area contributed by atoms with Crippen LogP contribution in [0.4, 0.5) is 4.79 Å². The van der Waals surface area contributed by atoms with E-state index < -0.39 is 5.60 Å². The molecule has 0 aliphatic heterocycles. The summed E-state index contributed by atoms with van der Waals surface area (Å²) >= 11 is 0. The second-order valence-electron chi connectivity index (χ2n) is 7.51. The number of nitriles is 1. The number of rotatable bonds is 7. The molecule has 0 rings (SSSR count). The van der Waals surface area contributed by atoms with E-state index in [4.69, 9.17) is 10.00 Å². The number of nitrogens with zero attached hydrogens (tertiary/aromatic N) is 1. The van der Waals surface area contributed by atoms with Gasteiger partial charge in [0, 0.05) is 13.1 Å². The quantitative estimate of drug-likeness (QED) is 0.757. The molecule has 0 saturated heterocycles. The van der Waals surface area contributed by atoms with Crippen LogP contribution in [-0.4, -0.2) is 31.3 Å². The van der Waals surface area contributed by atoms with Gasteiger partial charge in [0.15, 0.2) is 0 Å². The van der Waals surface area contributed by atoms with E-state index in [9.17, 15) is 4.79 Å². The zero-order chi connectivity index (χ0) is 16.7. The van der Waals surface area contributed by atoms with Gasteiger partial charge in [-0.2, -0.15) is 5.26 Å². The summed E-state index contributed by atoms with van der Waals surface area (Å²) in [5.41, 5.74) is -0.855. The Morgan fingerprint density at radius 2 is 1.76 bits per heavy atom. The lowest BCUT2D eigenvalue weighted by atomic mass is 9.93. The zero-order valence-corrected chi connectivity index (χ0v) is 14.5. The van der Waals surface area contributed by atoms with Crippen LogP contribution in [-0.2, 0) is 4.74 Å². The van der Waals surface area contributed by atoms with E-state index in [2.05, 4.69) is 30.6 Å². The van der Waals surface area contributed by atoms with E-state index in [1.54, 1.807) is 0 Å². The molecule has 0 fully saturated rings. The van der Waals surface area contributed by atoms with Crippen molar-refractivity contribution in [2.24, 2.45) is 17.3 Å². The molecule has 0 aromatic carbocycles. The second kappa shape index (κ2) is 8.23. The Balaban J connectivity index is 4.21. The molecule has 1 unspecified atom stereocenters. The molecule has 0 aromatic rings. The Kier molecular flexibility index (Phi) is 7.73. The molecule has 0 radical (unpaired) electrons. The number of carbonyl (C=O) groups is 1. The van der Waals surface area contributed by atoms with Gasteiger partial charge in [-0.05, 0) is 53.0 Å². The number of ether oxygens (including phenoxy) is 1. The highest BCUT2D eigenvalue weighted by Gasteiger charge is 2.20.